The van der Waals surface area contributed by atoms with E-state index in [-0.39, 0.29) is 5.41 Å². The highest BCUT2D eigenvalue weighted by molar-refractivity contribution is 5.97. The summed E-state index contributed by atoms with van der Waals surface area (Å²) >= 11 is 0. The molecule has 15 rings (SSSR count). The van der Waals surface area contributed by atoms with Crippen molar-refractivity contribution in [1.29, 1.82) is 0 Å². The summed E-state index contributed by atoms with van der Waals surface area (Å²) < 4.78 is 0. The molecule has 2 heteroatoms. The van der Waals surface area contributed by atoms with Crippen molar-refractivity contribution >= 4 is 44.9 Å². The van der Waals surface area contributed by atoms with E-state index in [1.807, 2.05) is 0 Å². The lowest BCUT2D eigenvalue weighted by molar-refractivity contribution is 0.350. The number of fused-ring (bicyclic) bond motifs is 6. The smallest absolute Gasteiger partial charge is 0.0505 e. The molecule has 11 aromatic carbocycles. The first kappa shape index (κ1) is 42.9. The van der Waals surface area contributed by atoms with E-state index in [1.165, 1.54) is 136 Å². The molecule has 1 spiro atoms. The van der Waals surface area contributed by atoms with Gasteiger partial charge in [0.25, 0.3) is 0 Å². The second kappa shape index (κ2) is 17.2. The van der Waals surface area contributed by atoms with Gasteiger partial charge in [0, 0.05) is 28.2 Å². The average molecular weight is 947 g/mol. The molecule has 74 heavy (non-hydrogen) atoms. The fourth-order valence-electron chi connectivity index (χ4n) is 14.3. The van der Waals surface area contributed by atoms with Crippen molar-refractivity contribution in [1.82, 2.24) is 0 Å². The molecule has 352 valence electrons. The fourth-order valence-corrected chi connectivity index (χ4v) is 14.3. The van der Waals surface area contributed by atoms with E-state index < -0.39 is 0 Å². The molecule has 4 aliphatic carbocycles. The van der Waals surface area contributed by atoms with Gasteiger partial charge in [-0.15, -0.1) is 0 Å². The van der Waals surface area contributed by atoms with Crippen LogP contribution in [0.25, 0.3) is 55.3 Å². The summed E-state index contributed by atoms with van der Waals surface area (Å²) in [5.41, 5.74) is 26.1. The average Bonchev–Trinajstić information content (AvgIpc) is 4.21. The Morgan fingerprint density at radius 3 is 1.32 bits per heavy atom. The summed E-state index contributed by atoms with van der Waals surface area (Å²) in [6.07, 6.45) is 5.60. The number of hydrogen-bond acceptors (Lipinski definition) is 2. The van der Waals surface area contributed by atoms with E-state index in [4.69, 9.17) is 0 Å². The standard InChI is InChI=1S/C72H54N2/c1-4-16-48(17-5-1)49-30-32-50(33-31-49)66-46-52-18-10-11-19-53(52)47-67(66)51-34-38-62(39-35-51)74(63-40-41-65-57(45-63)42-54-20-12-13-27-64(54)65)69-29-15-22-56-44-59-37-36-58-43-55-21-14-28-68(70(55)72(58,59)71(56)69)73(60-23-6-2-7-24-60)61-25-8-3-9-26-61/h1-35,38-41,45-47,58-59H,36-37,42-44H2. The van der Waals surface area contributed by atoms with Crippen molar-refractivity contribution < 1.29 is 0 Å². The zero-order valence-electron chi connectivity index (χ0n) is 41.3. The highest BCUT2D eigenvalue weighted by atomic mass is 15.2. The lowest BCUT2D eigenvalue weighted by Gasteiger charge is -2.40. The SMILES string of the molecule is c1ccc(-c2ccc(-c3cc4ccccc4cc3-c3ccc(N(c4ccc5c(c4)Cc4ccccc4-5)c4cccc5c4C46c7c(cccc7N(c7ccccc7)c7ccccc7)CC4CCC6C5)cc3)cc2)cc1. The van der Waals surface area contributed by atoms with Crippen LogP contribution in [0.15, 0.2) is 255 Å². The summed E-state index contributed by atoms with van der Waals surface area (Å²) in [5.74, 6) is 1.01. The zero-order valence-corrected chi connectivity index (χ0v) is 41.3. The molecular weight excluding hydrogens is 893 g/mol. The monoisotopic (exact) mass is 946 g/mol. The van der Waals surface area contributed by atoms with Crippen LogP contribution in [0.5, 0.6) is 0 Å². The minimum Gasteiger partial charge on any atom is -0.310 e. The molecule has 0 aromatic heterocycles. The van der Waals surface area contributed by atoms with Gasteiger partial charge in [0.15, 0.2) is 0 Å². The second-order valence-electron chi connectivity index (χ2n) is 21.1. The predicted molar refractivity (Wildman–Crippen MR) is 309 cm³/mol. The van der Waals surface area contributed by atoms with Crippen molar-refractivity contribution in [3.8, 4) is 44.5 Å². The van der Waals surface area contributed by atoms with E-state index in [9.17, 15) is 0 Å². The number of para-hydroxylation sites is 2. The van der Waals surface area contributed by atoms with Crippen LogP contribution in [-0.4, -0.2) is 0 Å². The van der Waals surface area contributed by atoms with Crippen LogP contribution >= 0.6 is 0 Å². The summed E-state index contributed by atoms with van der Waals surface area (Å²) in [4.78, 5) is 5.17. The Morgan fingerprint density at radius 2 is 0.730 bits per heavy atom. The third-order valence-corrected chi connectivity index (χ3v) is 17.3. The number of nitrogens with zero attached hydrogens (tertiary/aromatic N) is 2. The first-order chi connectivity index (χ1) is 36.7. The van der Waals surface area contributed by atoms with Crippen LogP contribution in [0.2, 0.25) is 0 Å². The highest BCUT2D eigenvalue weighted by Gasteiger charge is 2.62. The van der Waals surface area contributed by atoms with E-state index in [0.29, 0.717) is 11.8 Å². The normalized spacial score (nSPS) is 17.5. The Morgan fingerprint density at radius 1 is 0.297 bits per heavy atom. The Kier molecular flexibility index (Phi) is 9.98. The number of hydrogen-bond donors (Lipinski definition) is 0. The third kappa shape index (κ3) is 6.71. The van der Waals surface area contributed by atoms with Gasteiger partial charge in [-0.1, -0.05) is 182 Å². The Labute approximate surface area is 434 Å². The molecule has 2 nitrogen and oxygen atoms in total. The van der Waals surface area contributed by atoms with Crippen LogP contribution < -0.4 is 9.80 Å². The molecule has 1 saturated carbocycles. The van der Waals surface area contributed by atoms with Crippen LogP contribution in [0, 0.1) is 11.8 Å². The van der Waals surface area contributed by atoms with Crippen molar-refractivity contribution in [3.05, 3.63) is 288 Å². The van der Waals surface area contributed by atoms with Gasteiger partial charge >= 0.3 is 0 Å². The molecule has 0 N–H and O–H groups in total. The van der Waals surface area contributed by atoms with Gasteiger partial charge in [-0.25, -0.2) is 0 Å². The minimum absolute atomic E-state index is 0.152. The summed E-state index contributed by atoms with van der Waals surface area (Å²) in [6, 6.07) is 95.7. The van der Waals surface area contributed by atoms with Crippen LogP contribution in [0.4, 0.5) is 34.1 Å². The van der Waals surface area contributed by atoms with Gasteiger partial charge in [0.05, 0.1) is 11.4 Å². The molecular formula is C72H54N2. The first-order valence-electron chi connectivity index (χ1n) is 26.6. The number of benzene rings is 11. The Balaban J connectivity index is 0.911. The molecule has 4 aliphatic rings. The van der Waals surface area contributed by atoms with Gasteiger partial charge in [-0.2, -0.15) is 0 Å². The maximum atomic E-state index is 2.63. The lowest BCUT2D eigenvalue weighted by atomic mass is 9.68. The topological polar surface area (TPSA) is 6.48 Å². The van der Waals surface area contributed by atoms with Crippen molar-refractivity contribution in [2.45, 2.75) is 37.5 Å². The Bertz CT molecular complexity index is 3890. The van der Waals surface area contributed by atoms with Gasteiger partial charge < -0.3 is 9.80 Å². The van der Waals surface area contributed by atoms with Crippen molar-refractivity contribution in [3.63, 3.8) is 0 Å². The number of rotatable bonds is 9. The molecule has 3 atom stereocenters. The first-order valence-corrected chi connectivity index (χ1v) is 26.6. The van der Waals surface area contributed by atoms with Crippen LogP contribution in [-0.2, 0) is 24.7 Å². The van der Waals surface area contributed by atoms with E-state index in [1.54, 1.807) is 0 Å². The van der Waals surface area contributed by atoms with Crippen molar-refractivity contribution in [2.24, 2.45) is 11.8 Å². The predicted octanol–water partition coefficient (Wildman–Crippen LogP) is 18.8. The van der Waals surface area contributed by atoms with E-state index in [0.717, 1.165) is 19.3 Å². The largest absolute Gasteiger partial charge is 0.310 e. The maximum Gasteiger partial charge on any atom is 0.0505 e. The lowest BCUT2D eigenvalue weighted by Crippen LogP contribution is -2.34. The summed E-state index contributed by atoms with van der Waals surface area (Å²) in [7, 11) is 0. The van der Waals surface area contributed by atoms with Gasteiger partial charge in [-0.3, -0.25) is 0 Å². The molecule has 3 unspecified atom stereocenters. The molecule has 0 amide bonds. The fraction of sp³-hybridized carbons (Fsp3) is 0.111. The number of anilines is 6. The van der Waals surface area contributed by atoms with Crippen molar-refractivity contribution in [2.75, 3.05) is 9.80 Å². The minimum atomic E-state index is -0.152. The molecule has 1 fully saturated rings. The zero-order chi connectivity index (χ0) is 48.7. The van der Waals surface area contributed by atoms with E-state index >= 15 is 0 Å². The van der Waals surface area contributed by atoms with Gasteiger partial charge in [0.2, 0.25) is 0 Å². The van der Waals surface area contributed by atoms with Crippen LogP contribution in [0.3, 0.4) is 0 Å². The van der Waals surface area contributed by atoms with Gasteiger partial charge in [0.1, 0.15) is 0 Å². The molecule has 0 aliphatic heterocycles. The highest BCUT2D eigenvalue weighted by Crippen LogP contribution is 2.69. The summed E-state index contributed by atoms with van der Waals surface area (Å²) in [6.45, 7) is 0. The van der Waals surface area contributed by atoms with Crippen LogP contribution in [0.1, 0.15) is 46.2 Å². The van der Waals surface area contributed by atoms with E-state index in [2.05, 4.69) is 265 Å². The molecule has 11 aromatic rings. The molecule has 0 heterocycles. The molecule has 0 radical (unpaired) electrons. The quantitative estimate of drug-likeness (QED) is 0.142. The summed E-state index contributed by atoms with van der Waals surface area (Å²) in [5, 5.41) is 2.49. The maximum absolute atomic E-state index is 2.63. The molecule has 0 saturated heterocycles. The van der Waals surface area contributed by atoms with Gasteiger partial charge in [-0.05, 0) is 205 Å². The second-order valence-corrected chi connectivity index (χ2v) is 21.1. The molecule has 0 bridgehead atoms. The third-order valence-electron chi connectivity index (χ3n) is 17.3. The Hall–Kier alpha value is -8.72.